The molecular formula is C16H13N3O5S2. The normalized spacial score (nSPS) is 11.1. The number of rotatable bonds is 6. The Morgan fingerprint density at radius 1 is 1.31 bits per heavy atom. The second-order valence-electron chi connectivity index (χ2n) is 5.06. The molecule has 8 nitrogen and oxygen atoms in total. The molecule has 0 unspecified atom stereocenters. The van der Waals surface area contributed by atoms with Gasteiger partial charge in [-0.05, 0) is 30.3 Å². The third-order valence-electron chi connectivity index (χ3n) is 3.36. The molecule has 0 bridgehead atoms. The molecule has 0 atom stereocenters. The number of nitrogens with zero attached hydrogens (tertiary/aromatic N) is 2. The molecular weight excluding hydrogens is 378 g/mol. The molecule has 2 heterocycles. The second-order valence-corrected chi connectivity index (χ2v) is 7.55. The van der Waals surface area contributed by atoms with Gasteiger partial charge in [0.15, 0.2) is 5.03 Å². The topological polar surface area (TPSA) is 118 Å². The number of sulfonamides is 1. The van der Waals surface area contributed by atoms with Gasteiger partial charge in [-0.15, -0.1) is 11.3 Å². The molecule has 2 aromatic heterocycles. The summed E-state index contributed by atoms with van der Waals surface area (Å²) in [4.78, 5) is 19.1. The summed E-state index contributed by atoms with van der Waals surface area (Å²) >= 11 is 1.18. The average molecular weight is 391 g/mol. The fourth-order valence-corrected chi connectivity index (χ4v) is 4.27. The number of methoxy groups -OCH3 is 1. The summed E-state index contributed by atoms with van der Waals surface area (Å²) in [6.07, 6.45) is 3.21. The lowest BCUT2D eigenvalue weighted by atomic mass is 10.2. The molecule has 0 radical (unpaired) electrons. The molecule has 3 rings (SSSR count). The lowest BCUT2D eigenvalue weighted by molar-refractivity contribution is 0.0696. The molecule has 0 aliphatic rings. The number of carbonyl (C=O) groups is 1. The third kappa shape index (κ3) is 3.65. The van der Waals surface area contributed by atoms with E-state index in [4.69, 9.17) is 9.84 Å². The van der Waals surface area contributed by atoms with Crippen molar-refractivity contribution in [2.24, 2.45) is 0 Å². The van der Waals surface area contributed by atoms with Gasteiger partial charge < -0.3 is 9.84 Å². The molecule has 0 aliphatic carbocycles. The number of aromatic nitrogens is 2. The first-order chi connectivity index (χ1) is 12.4. The molecule has 2 N–H and O–H groups in total. The number of aromatic carboxylic acids is 1. The van der Waals surface area contributed by atoms with Gasteiger partial charge in [-0.2, -0.15) is 8.42 Å². The summed E-state index contributed by atoms with van der Waals surface area (Å²) < 4.78 is 32.6. The summed E-state index contributed by atoms with van der Waals surface area (Å²) in [5.41, 5.74) is 0.813. The molecule has 134 valence electrons. The zero-order chi connectivity index (χ0) is 18.7. The number of pyridine rings is 1. The predicted molar refractivity (Wildman–Crippen MR) is 96.1 cm³/mol. The van der Waals surface area contributed by atoms with Crippen LogP contribution in [0.2, 0.25) is 0 Å². The molecule has 0 saturated carbocycles. The highest BCUT2D eigenvalue weighted by Crippen LogP contribution is 2.30. The maximum absolute atomic E-state index is 12.6. The van der Waals surface area contributed by atoms with Crippen LogP contribution in [0.4, 0.5) is 5.69 Å². The SMILES string of the molecule is COc1cc(C(=O)O)ccc1NS(=O)(=O)c1csc(-c2cccnc2)n1. The maximum atomic E-state index is 12.6. The molecule has 0 amide bonds. The monoisotopic (exact) mass is 391 g/mol. The summed E-state index contributed by atoms with van der Waals surface area (Å²) in [7, 11) is -2.64. The second kappa shape index (κ2) is 7.10. The Labute approximate surface area is 153 Å². The predicted octanol–water partition coefficient (Wildman–Crippen LogP) is 2.71. The van der Waals surface area contributed by atoms with E-state index >= 15 is 0 Å². The van der Waals surface area contributed by atoms with Crippen molar-refractivity contribution in [2.45, 2.75) is 5.03 Å². The number of thiazole rings is 1. The van der Waals surface area contributed by atoms with Gasteiger partial charge in [-0.3, -0.25) is 9.71 Å². The van der Waals surface area contributed by atoms with Crippen LogP contribution in [-0.4, -0.2) is 36.6 Å². The highest BCUT2D eigenvalue weighted by atomic mass is 32.2. The first-order valence-electron chi connectivity index (χ1n) is 7.21. The Balaban J connectivity index is 1.90. The zero-order valence-electron chi connectivity index (χ0n) is 13.4. The number of hydrogen-bond acceptors (Lipinski definition) is 7. The highest BCUT2D eigenvalue weighted by molar-refractivity contribution is 7.92. The van der Waals surface area contributed by atoms with Gasteiger partial charge >= 0.3 is 5.97 Å². The van der Waals surface area contributed by atoms with E-state index in [1.165, 1.54) is 42.0 Å². The minimum absolute atomic E-state index is 0.0164. The van der Waals surface area contributed by atoms with Gasteiger partial charge in [-0.25, -0.2) is 9.78 Å². The third-order valence-corrected chi connectivity index (χ3v) is 5.65. The fourth-order valence-electron chi connectivity index (χ4n) is 2.11. The van der Waals surface area contributed by atoms with E-state index in [2.05, 4.69) is 14.7 Å². The Morgan fingerprint density at radius 3 is 2.77 bits per heavy atom. The largest absolute Gasteiger partial charge is 0.495 e. The van der Waals surface area contributed by atoms with E-state index in [-0.39, 0.29) is 22.0 Å². The van der Waals surface area contributed by atoms with Crippen molar-refractivity contribution in [3.8, 4) is 16.3 Å². The minimum Gasteiger partial charge on any atom is -0.495 e. The van der Waals surface area contributed by atoms with Gasteiger partial charge in [0.25, 0.3) is 10.0 Å². The summed E-state index contributed by atoms with van der Waals surface area (Å²) in [6.45, 7) is 0. The van der Waals surface area contributed by atoms with E-state index in [0.717, 1.165) is 0 Å². The van der Waals surface area contributed by atoms with Gasteiger partial charge in [0.05, 0.1) is 18.4 Å². The van der Waals surface area contributed by atoms with E-state index in [1.54, 1.807) is 24.5 Å². The van der Waals surface area contributed by atoms with Crippen LogP contribution >= 0.6 is 11.3 Å². The summed E-state index contributed by atoms with van der Waals surface area (Å²) in [6, 6.07) is 7.36. The van der Waals surface area contributed by atoms with E-state index in [1.807, 2.05) is 0 Å². The first-order valence-corrected chi connectivity index (χ1v) is 9.57. The molecule has 0 saturated heterocycles. The Kier molecular flexibility index (Phi) is 4.87. The standard InChI is InChI=1S/C16H13N3O5S2/c1-24-13-7-10(16(20)21)4-5-12(13)19-26(22,23)14-9-25-15(18-14)11-3-2-6-17-8-11/h2-9,19H,1H3,(H,20,21). The number of carboxylic acids is 1. The van der Waals surface area contributed by atoms with Crippen LogP contribution in [0.5, 0.6) is 5.75 Å². The average Bonchev–Trinajstić information content (AvgIpc) is 3.13. The number of nitrogens with one attached hydrogen (secondary N) is 1. The smallest absolute Gasteiger partial charge is 0.335 e. The molecule has 10 heteroatoms. The van der Waals surface area contributed by atoms with Crippen molar-refractivity contribution < 1.29 is 23.1 Å². The Bertz CT molecular complexity index is 1050. The lowest BCUT2D eigenvalue weighted by Gasteiger charge is -2.11. The molecule has 26 heavy (non-hydrogen) atoms. The van der Waals surface area contributed by atoms with Crippen LogP contribution in [0, 0.1) is 0 Å². The minimum atomic E-state index is -3.96. The van der Waals surface area contributed by atoms with Crippen molar-refractivity contribution >= 4 is 33.0 Å². The maximum Gasteiger partial charge on any atom is 0.335 e. The molecule has 1 aromatic carbocycles. The van der Waals surface area contributed by atoms with Crippen LogP contribution in [0.25, 0.3) is 10.6 Å². The number of hydrogen-bond donors (Lipinski definition) is 2. The quantitative estimate of drug-likeness (QED) is 0.663. The van der Waals surface area contributed by atoms with E-state index in [0.29, 0.717) is 10.6 Å². The Hall–Kier alpha value is -2.98. The van der Waals surface area contributed by atoms with Gasteiger partial charge in [0.1, 0.15) is 10.8 Å². The van der Waals surface area contributed by atoms with Crippen molar-refractivity contribution in [2.75, 3.05) is 11.8 Å². The fraction of sp³-hybridized carbons (Fsp3) is 0.0625. The highest BCUT2D eigenvalue weighted by Gasteiger charge is 2.21. The van der Waals surface area contributed by atoms with Crippen molar-refractivity contribution in [1.82, 2.24) is 9.97 Å². The molecule has 0 fully saturated rings. The molecule has 0 spiro atoms. The van der Waals surface area contributed by atoms with Crippen LogP contribution in [0.3, 0.4) is 0 Å². The Morgan fingerprint density at radius 2 is 2.12 bits per heavy atom. The van der Waals surface area contributed by atoms with E-state index < -0.39 is 16.0 Å². The summed E-state index contributed by atoms with van der Waals surface area (Å²) in [5, 5.41) is 10.8. The van der Waals surface area contributed by atoms with Crippen molar-refractivity contribution in [3.05, 3.63) is 53.7 Å². The van der Waals surface area contributed by atoms with Crippen molar-refractivity contribution in [3.63, 3.8) is 0 Å². The van der Waals surface area contributed by atoms with Crippen LogP contribution < -0.4 is 9.46 Å². The van der Waals surface area contributed by atoms with Gasteiger partial charge in [0, 0.05) is 23.3 Å². The van der Waals surface area contributed by atoms with Crippen LogP contribution in [0.15, 0.2) is 53.1 Å². The molecule has 0 aliphatic heterocycles. The van der Waals surface area contributed by atoms with Gasteiger partial charge in [-0.1, -0.05) is 0 Å². The van der Waals surface area contributed by atoms with Gasteiger partial charge in [0.2, 0.25) is 0 Å². The van der Waals surface area contributed by atoms with E-state index in [9.17, 15) is 13.2 Å². The number of carboxylic acid groups (broad SMARTS) is 1. The van der Waals surface area contributed by atoms with Crippen molar-refractivity contribution in [1.29, 1.82) is 0 Å². The summed E-state index contributed by atoms with van der Waals surface area (Å²) in [5.74, 6) is -1.05. The number of anilines is 1. The molecule has 3 aromatic rings. The number of benzene rings is 1. The van der Waals surface area contributed by atoms with Crippen LogP contribution in [0.1, 0.15) is 10.4 Å². The lowest BCUT2D eigenvalue weighted by Crippen LogP contribution is -2.14. The first kappa shape index (κ1) is 17.8. The van der Waals surface area contributed by atoms with Crippen LogP contribution in [-0.2, 0) is 10.0 Å². The number of ether oxygens (including phenoxy) is 1. The zero-order valence-corrected chi connectivity index (χ0v) is 15.0.